The van der Waals surface area contributed by atoms with Crippen molar-refractivity contribution in [2.24, 2.45) is 0 Å². The van der Waals surface area contributed by atoms with Crippen LogP contribution in [0.1, 0.15) is 18.4 Å². The van der Waals surface area contributed by atoms with Gasteiger partial charge in [-0.05, 0) is 48.7 Å². The Morgan fingerprint density at radius 1 is 1.11 bits per heavy atom. The SMILES string of the molecule is O=C(O)/C=C/c1ccc(NC2CCN(C(=O)Nc3ccccc3)CC2)nc1. The Bertz CT molecular complexity index is 798. The number of hydrogen-bond donors (Lipinski definition) is 3. The molecule has 0 bridgehead atoms. The summed E-state index contributed by atoms with van der Waals surface area (Å²) in [6.45, 7) is 1.35. The lowest BCUT2D eigenvalue weighted by Crippen LogP contribution is -2.44. The number of nitrogens with zero attached hydrogens (tertiary/aromatic N) is 2. The average Bonchev–Trinajstić information content (AvgIpc) is 2.69. The molecule has 0 unspecified atom stereocenters. The van der Waals surface area contributed by atoms with Crippen molar-refractivity contribution in [3.05, 3.63) is 60.3 Å². The zero-order valence-corrected chi connectivity index (χ0v) is 14.8. The topological polar surface area (TPSA) is 94.6 Å². The van der Waals surface area contributed by atoms with E-state index in [9.17, 15) is 9.59 Å². The molecule has 0 radical (unpaired) electrons. The second-order valence-electron chi connectivity index (χ2n) is 6.35. The quantitative estimate of drug-likeness (QED) is 0.706. The first kappa shape index (κ1) is 18.4. The summed E-state index contributed by atoms with van der Waals surface area (Å²) in [5.41, 5.74) is 1.53. The Morgan fingerprint density at radius 2 is 1.85 bits per heavy atom. The fraction of sp³-hybridized carbons (Fsp3) is 0.250. The maximum Gasteiger partial charge on any atom is 0.328 e. The number of hydrogen-bond acceptors (Lipinski definition) is 4. The molecule has 140 valence electrons. The zero-order valence-electron chi connectivity index (χ0n) is 14.8. The smallest absolute Gasteiger partial charge is 0.328 e. The minimum atomic E-state index is -0.986. The third-order valence-electron chi connectivity index (χ3n) is 4.36. The van der Waals surface area contributed by atoms with Crippen molar-refractivity contribution in [1.82, 2.24) is 9.88 Å². The molecule has 7 nitrogen and oxygen atoms in total. The first-order chi connectivity index (χ1) is 13.1. The summed E-state index contributed by atoms with van der Waals surface area (Å²) < 4.78 is 0. The van der Waals surface area contributed by atoms with Crippen LogP contribution in [0, 0.1) is 0 Å². The highest BCUT2D eigenvalue weighted by Crippen LogP contribution is 2.17. The van der Waals surface area contributed by atoms with E-state index < -0.39 is 5.97 Å². The highest BCUT2D eigenvalue weighted by Gasteiger charge is 2.22. The summed E-state index contributed by atoms with van der Waals surface area (Å²) in [7, 11) is 0. The normalized spacial score (nSPS) is 14.9. The molecule has 2 heterocycles. The van der Waals surface area contributed by atoms with Gasteiger partial charge in [0.15, 0.2) is 0 Å². The number of carboxylic acids is 1. The number of anilines is 2. The molecule has 1 aliphatic heterocycles. The summed E-state index contributed by atoms with van der Waals surface area (Å²) in [5.74, 6) is -0.241. The molecule has 0 aliphatic carbocycles. The summed E-state index contributed by atoms with van der Waals surface area (Å²) in [6, 6.07) is 13.2. The number of para-hydroxylation sites is 1. The molecule has 2 aromatic rings. The van der Waals surface area contributed by atoms with Gasteiger partial charge in [-0.15, -0.1) is 0 Å². The lowest BCUT2D eigenvalue weighted by Gasteiger charge is -2.32. The largest absolute Gasteiger partial charge is 0.478 e. The number of amides is 2. The van der Waals surface area contributed by atoms with E-state index in [1.54, 1.807) is 6.20 Å². The van der Waals surface area contributed by atoms with Crippen LogP contribution in [0.5, 0.6) is 0 Å². The van der Waals surface area contributed by atoms with E-state index in [4.69, 9.17) is 5.11 Å². The monoisotopic (exact) mass is 366 g/mol. The van der Waals surface area contributed by atoms with E-state index >= 15 is 0 Å². The first-order valence-electron chi connectivity index (χ1n) is 8.85. The summed E-state index contributed by atoms with van der Waals surface area (Å²) in [6.07, 6.45) is 5.89. The minimum absolute atomic E-state index is 0.0765. The van der Waals surface area contributed by atoms with Gasteiger partial charge >= 0.3 is 12.0 Å². The van der Waals surface area contributed by atoms with Gasteiger partial charge in [-0.25, -0.2) is 14.6 Å². The molecule has 2 amide bonds. The Morgan fingerprint density at radius 3 is 2.48 bits per heavy atom. The van der Waals surface area contributed by atoms with Crippen LogP contribution in [0.4, 0.5) is 16.3 Å². The molecule has 1 saturated heterocycles. The van der Waals surface area contributed by atoms with E-state index in [1.165, 1.54) is 6.08 Å². The molecule has 27 heavy (non-hydrogen) atoms. The average molecular weight is 366 g/mol. The Hall–Kier alpha value is -3.35. The van der Waals surface area contributed by atoms with Crippen molar-refractivity contribution in [3.8, 4) is 0 Å². The number of urea groups is 1. The molecular formula is C20H22N4O3. The highest BCUT2D eigenvalue weighted by molar-refractivity contribution is 5.89. The van der Waals surface area contributed by atoms with Gasteiger partial charge in [-0.3, -0.25) is 0 Å². The fourth-order valence-corrected chi connectivity index (χ4v) is 2.92. The van der Waals surface area contributed by atoms with Crippen LogP contribution in [0.15, 0.2) is 54.7 Å². The number of benzene rings is 1. The van der Waals surface area contributed by atoms with Crippen LogP contribution in [-0.2, 0) is 4.79 Å². The van der Waals surface area contributed by atoms with E-state index in [2.05, 4.69) is 15.6 Å². The number of carboxylic acid groups (broad SMARTS) is 1. The maximum absolute atomic E-state index is 12.3. The number of rotatable bonds is 5. The first-order valence-corrected chi connectivity index (χ1v) is 8.85. The number of nitrogens with one attached hydrogen (secondary N) is 2. The molecule has 0 saturated carbocycles. The Kier molecular flexibility index (Phi) is 6.04. The molecule has 7 heteroatoms. The van der Waals surface area contributed by atoms with E-state index in [1.807, 2.05) is 47.4 Å². The van der Waals surface area contributed by atoms with Gasteiger partial charge in [0.05, 0.1) is 0 Å². The summed E-state index contributed by atoms with van der Waals surface area (Å²) in [4.78, 5) is 29.0. The van der Waals surface area contributed by atoms with Gasteiger partial charge in [-0.2, -0.15) is 0 Å². The number of carbonyl (C=O) groups excluding carboxylic acids is 1. The zero-order chi connectivity index (χ0) is 19.1. The van der Waals surface area contributed by atoms with Crippen molar-refractivity contribution in [3.63, 3.8) is 0 Å². The van der Waals surface area contributed by atoms with Crippen molar-refractivity contribution < 1.29 is 14.7 Å². The number of aromatic nitrogens is 1. The van der Waals surface area contributed by atoms with Gasteiger partial charge < -0.3 is 20.6 Å². The predicted molar refractivity (Wildman–Crippen MR) is 105 cm³/mol. The van der Waals surface area contributed by atoms with Gasteiger partial charge in [0.2, 0.25) is 0 Å². The molecule has 3 N–H and O–H groups in total. The third-order valence-corrected chi connectivity index (χ3v) is 4.36. The number of carbonyl (C=O) groups is 2. The van der Waals surface area contributed by atoms with Crippen molar-refractivity contribution in [1.29, 1.82) is 0 Å². The Labute approximate surface area is 157 Å². The summed E-state index contributed by atoms with van der Waals surface area (Å²) >= 11 is 0. The molecule has 1 aliphatic rings. The van der Waals surface area contributed by atoms with Crippen LogP contribution in [0.25, 0.3) is 6.08 Å². The van der Waals surface area contributed by atoms with E-state index in [0.717, 1.165) is 36.0 Å². The van der Waals surface area contributed by atoms with Gasteiger partial charge in [0, 0.05) is 37.1 Å². The van der Waals surface area contributed by atoms with Crippen molar-refractivity contribution in [2.75, 3.05) is 23.7 Å². The van der Waals surface area contributed by atoms with Crippen LogP contribution < -0.4 is 10.6 Å². The lowest BCUT2D eigenvalue weighted by atomic mass is 10.1. The molecule has 0 spiro atoms. The van der Waals surface area contributed by atoms with Crippen LogP contribution in [0.3, 0.4) is 0 Å². The van der Waals surface area contributed by atoms with E-state index in [-0.39, 0.29) is 12.1 Å². The van der Waals surface area contributed by atoms with Crippen molar-refractivity contribution in [2.45, 2.75) is 18.9 Å². The van der Waals surface area contributed by atoms with E-state index in [0.29, 0.717) is 13.1 Å². The number of pyridine rings is 1. The maximum atomic E-state index is 12.3. The van der Waals surface area contributed by atoms with Crippen LogP contribution in [-0.4, -0.2) is 46.1 Å². The second kappa shape index (κ2) is 8.84. The van der Waals surface area contributed by atoms with Crippen molar-refractivity contribution >= 4 is 29.6 Å². The third kappa shape index (κ3) is 5.57. The summed E-state index contributed by atoms with van der Waals surface area (Å²) in [5, 5.41) is 14.9. The molecule has 0 atom stereocenters. The standard InChI is InChI=1S/C20H22N4O3/c25-19(26)9-7-15-6-8-18(21-14-15)22-17-10-12-24(13-11-17)20(27)23-16-4-2-1-3-5-16/h1-9,14,17H,10-13H2,(H,21,22)(H,23,27)(H,25,26)/b9-7+. The fourth-order valence-electron chi connectivity index (χ4n) is 2.92. The van der Waals surface area contributed by atoms with Gasteiger partial charge in [-0.1, -0.05) is 18.2 Å². The van der Waals surface area contributed by atoms with Gasteiger partial charge in [0.1, 0.15) is 5.82 Å². The number of likely N-dealkylation sites (tertiary alicyclic amines) is 1. The van der Waals surface area contributed by atoms with Crippen LogP contribution >= 0.6 is 0 Å². The number of aliphatic carboxylic acids is 1. The lowest BCUT2D eigenvalue weighted by molar-refractivity contribution is -0.131. The molecular weight excluding hydrogens is 344 g/mol. The predicted octanol–water partition coefficient (Wildman–Crippen LogP) is 3.29. The second-order valence-corrected chi connectivity index (χ2v) is 6.35. The molecule has 3 rings (SSSR count). The Balaban J connectivity index is 1.46. The molecule has 1 aromatic carbocycles. The number of piperidine rings is 1. The minimum Gasteiger partial charge on any atom is -0.478 e. The molecule has 1 fully saturated rings. The van der Waals surface area contributed by atoms with Gasteiger partial charge in [0.25, 0.3) is 0 Å². The molecule has 1 aromatic heterocycles. The highest BCUT2D eigenvalue weighted by atomic mass is 16.4. The van der Waals surface area contributed by atoms with Crippen LogP contribution in [0.2, 0.25) is 0 Å².